The zero-order valence-electron chi connectivity index (χ0n) is 17.0. The van der Waals surface area contributed by atoms with Gasteiger partial charge in [0, 0.05) is 23.7 Å². The summed E-state index contributed by atoms with van der Waals surface area (Å²) in [6.07, 6.45) is 0.595. The Bertz CT molecular complexity index is 1030. The number of ether oxygens (including phenoxy) is 3. The van der Waals surface area contributed by atoms with E-state index in [1.165, 1.54) is 13.2 Å². The molecule has 0 aliphatic carbocycles. The van der Waals surface area contributed by atoms with Crippen molar-refractivity contribution in [1.29, 1.82) is 0 Å². The number of hydrogen-bond donors (Lipinski definition) is 2. The minimum absolute atomic E-state index is 0.115. The smallest absolute Gasteiger partial charge is 0.257 e. The number of aromatic nitrogens is 1. The van der Waals surface area contributed by atoms with Gasteiger partial charge < -0.3 is 24.5 Å². The van der Waals surface area contributed by atoms with Crippen molar-refractivity contribution in [2.75, 3.05) is 27.4 Å². The molecule has 3 rings (SSSR count). The van der Waals surface area contributed by atoms with Crippen LogP contribution in [0.2, 0.25) is 0 Å². The SMILES string of the molecule is COc1ccc(OCC(=O)NCCc2c(C)[nH]c3c(F)ccc(C)c23)cc1OC. The quantitative estimate of drug-likeness (QED) is 0.605. The van der Waals surface area contributed by atoms with Gasteiger partial charge in [0.25, 0.3) is 5.91 Å². The Labute approximate surface area is 169 Å². The number of hydrogen-bond acceptors (Lipinski definition) is 4. The fourth-order valence-electron chi connectivity index (χ4n) is 3.39. The number of H-pyrrole nitrogens is 1. The molecular weight excluding hydrogens is 375 g/mol. The Morgan fingerprint density at radius 3 is 2.59 bits per heavy atom. The van der Waals surface area contributed by atoms with E-state index in [2.05, 4.69) is 10.3 Å². The summed E-state index contributed by atoms with van der Waals surface area (Å²) >= 11 is 0. The predicted octanol–water partition coefficient (Wildman–Crippen LogP) is 3.68. The average molecular weight is 400 g/mol. The number of aryl methyl sites for hydroxylation is 2. The molecule has 0 saturated carbocycles. The number of rotatable bonds is 8. The van der Waals surface area contributed by atoms with E-state index in [0.717, 1.165) is 22.2 Å². The molecule has 1 aromatic heterocycles. The van der Waals surface area contributed by atoms with Crippen LogP contribution in [0.25, 0.3) is 10.9 Å². The van der Waals surface area contributed by atoms with Crippen LogP contribution >= 0.6 is 0 Å². The van der Waals surface area contributed by atoms with Crippen molar-refractivity contribution in [3.63, 3.8) is 0 Å². The molecule has 154 valence electrons. The van der Waals surface area contributed by atoms with Gasteiger partial charge in [0.1, 0.15) is 11.6 Å². The Kier molecular flexibility index (Phi) is 6.26. The minimum Gasteiger partial charge on any atom is -0.493 e. The van der Waals surface area contributed by atoms with Crippen molar-refractivity contribution in [1.82, 2.24) is 10.3 Å². The molecule has 0 aliphatic heterocycles. The van der Waals surface area contributed by atoms with E-state index in [0.29, 0.717) is 35.7 Å². The fraction of sp³-hybridized carbons (Fsp3) is 0.318. The van der Waals surface area contributed by atoms with E-state index in [4.69, 9.17) is 14.2 Å². The number of benzene rings is 2. The molecule has 0 aliphatic rings. The maximum absolute atomic E-state index is 14.0. The van der Waals surface area contributed by atoms with Gasteiger partial charge in [-0.3, -0.25) is 4.79 Å². The van der Waals surface area contributed by atoms with Crippen LogP contribution < -0.4 is 19.5 Å². The van der Waals surface area contributed by atoms with Crippen molar-refractivity contribution in [2.24, 2.45) is 0 Å². The number of fused-ring (bicyclic) bond motifs is 1. The zero-order valence-corrected chi connectivity index (χ0v) is 17.0. The maximum atomic E-state index is 14.0. The Balaban J connectivity index is 1.56. The third-order valence-electron chi connectivity index (χ3n) is 4.85. The fourth-order valence-corrected chi connectivity index (χ4v) is 3.39. The molecule has 2 aromatic carbocycles. The second kappa shape index (κ2) is 8.86. The normalized spacial score (nSPS) is 10.8. The van der Waals surface area contributed by atoms with Crippen LogP contribution in [0.3, 0.4) is 0 Å². The lowest BCUT2D eigenvalue weighted by Gasteiger charge is -2.11. The lowest BCUT2D eigenvalue weighted by Crippen LogP contribution is -2.30. The lowest BCUT2D eigenvalue weighted by atomic mass is 10.0. The highest BCUT2D eigenvalue weighted by molar-refractivity contribution is 5.88. The molecular formula is C22H25FN2O4. The monoisotopic (exact) mass is 400 g/mol. The van der Waals surface area contributed by atoms with Gasteiger partial charge in [-0.1, -0.05) is 6.07 Å². The first kappa shape index (κ1) is 20.5. The molecule has 0 saturated heterocycles. The van der Waals surface area contributed by atoms with Gasteiger partial charge in [0.2, 0.25) is 0 Å². The summed E-state index contributed by atoms with van der Waals surface area (Å²) in [6, 6.07) is 8.32. The molecule has 0 unspecified atom stereocenters. The minimum atomic E-state index is -0.271. The van der Waals surface area contributed by atoms with E-state index >= 15 is 0 Å². The number of halogens is 1. The number of aromatic amines is 1. The molecule has 6 nitrogen and oxygen atoms in total. The largest absolute Gasteiger partial charge is 0.493 e. The highest BCUT2D eigenvalue weighted by atomic mass is 19.1. The maximum Gasteiger partial charge on any atom is 0.257 e. The van der Waals surface area contributed by atoms with Crippen LogP contribution in [-0.2, 0) is 11.2 Å². The van der Waals surface area contributed by atoms with Gasteiger partial charge in [0.05, 0.1) is 19.7 Å². The second-order valence-corrected chi connectivity index (χ2v) is 6.75. The Morgan fingerprint density at radius 2 is 1.86 bits per heavy atom. The summed E-state index contributed by atoms with van der Waals surface area (Å²) in [6.45, 7) is 4.18. The lowest BCUT2D eigenvalue weighted by molar-refractivity contribution is -0.123. The van der Waals surface area contributed by atoms with Crippen molar-refractivity contribution >= 4 is 16.8 Å². The van der Waals surface area contributed by atoms with Crippen molar-refractivity contribution in [2.45, 2.75) is 20.3 Å². The van der Waals surface area contributed by atoms with Crippen LogP contribution in [0.4, 0.5) is 4.39 Å². The molecule has 1 amide bonds. The summed E-state index contributed by atoms with van der Waals surface area (Å²) < 4.78 is 30.0. The number of methoxy groups -OCH3 is 2. The van der Waals surface area contributed by atoms with E-state index < -0.39 is 0 Å². The topological polar surface area (TPSA) is 72.6 Å². The summed E-state index contributed by atoms with van der Waals surface area (Å²) in [4.78, 5) is 15.2. The van der Waals surface area contributed by atoms with Crippen molar-refractivity contribution in [3.05, 3.63) is 53.0 Å². The molecule has 29 heavy (non-hydrogen) atoms. The van der Waals surface area contributed by atoms with Crippen LogP contribution in [0.1, 0.15) is 16.8 Å². The van der Waals surface area contributed by atoms with Gasteiger partial charge in [-0.15, -0.1) is 0 Å². The Morgan fingerprint density at radius 1 is 1.10 bits per heavy atom. The Hall–Kier alpha value is -3.22. The first-order valence-electron chi connectivity index (χ1n) is 9.32. The number of nitrogens with one attached hydrogen (secondary N) is 2. The summed E-state index contributed by atoms with van der Waals surface area (Å²) in [5.41, 5.74) is 3.44. The van der Waals surface area contributed by atoms with Crippen molar-refractivity contribution in [3.8, 4) is 17.2 Å². The van der Waals surface area contributed by atoms with Crippen LogP contribution in [0.5, 0.6) is 17.2 Å². The molecule has 0 radical (unpaired) electrons. The molecule has 2 N–H and O–H groups in total. The first-order valence-corrected chi connectivity index (χ1v) is 9.32. The van der Waals surface area contributed by atoms with E-state index in [1.54, 1.807) is 31.4 Å². The van der Waals surface area contributed by atoms with Gasteiger partial charge in [-0.25, -0.2) is 4.39 Å². The van der Waals surface area contributed by atoms with Gasteiger partial charge in [-0.05, 0) is 49.6 Å². The van der Waals surface area contributed by atoms with E-state index in [-0.39, 0.29) is 18.3 Å². The number of carbonyl (C=O) groups excluding carboxylic acids is 1. The van der Waals surface area contributed by atoms with Gasteiger partial charge in [-0.2, -0.15) is 0 Å². The zero-order chi connectivity index (χ0) is 21.0. The third-order valence-corrected chi connectivity index (χ3v) is 4.85. The summed E-state index contributed by atoms with van der Waals surface area (Å²) in [5.74, 6) is 1.12. The molecule has 0 atom stereocenters. The van der Waals surface area contributed by atoms with Crippen LogP contribution in [0.15, 0.2) is 30.3 Å². The summed E-state index contributed by atoms with van der Waals surface area (Å²) in [7, 11) is 3.09. The standard InChI is InChI=1S/C22H25FN2O4/c1-13-5-7-17(23)22-21(13)16(14(2)25-22)9-10-24-20(26)12-29-15-6-8-18(27-3)19(11-15)28-4/h5-8,11,25H,9-10,12H2,1-4H3,(H,24,26). The molecule has 7 heteroatoms. The average Bonchev–Trinajstić information content (AvgIpc) is 3.06. The van der Waals surface area contributed by atoms with E-state index in [1.807, 2.05) is 13.8 Å². The molecule has 1 heterocycles. The van der Waals surface area contributed by atoms with Crippen LogP contribution in [0, 0.1) is 19.7 Å². The molecule has 0 spiro atoms. The van der Waals surface area contributed by atoms with Gasteiger partial charge in [0.15, 0.2) is 18.1 Å². The first-order chi connectivity index (χ1) is 13.9. The highest BCUT2D eigenvalue weighted by Crippen LogP contribution is 2.31. The predicted molar refractivity (Wildman–Crippen MR) is 109 cm³/mol. The molecule has 0 fully saturated rings. The number of carbonyl (C=O) groups is 1. The van der Waals surface area contributed by atoms with E-state index in [9.17, 15) is 9.18 Å². The van der Waals surface area contributed by atoms with Crippen molar-refractivity contribution < 1.29 is 23.4 Å². The second-order valence-electron chi connectivity index (χ2n) is 6.75. The molecule has 0 bridgehead atoms. The third kappa shape index (κ3) is 4.45. The van der Waals surface area contributed by atoms with Gasteiger partial charge >= 0.3 is 0 Å². The number of amides is 1. The summed E-state index contributed by atoms with van der Waals surface area (Å²) in [5, 5.41) is 3.73. The van der Waals surface area contributed by atoms with Crippen LogP contribution in [-0.4, -0.2) is 38.3 Å². The highest BCUT2D eigenvalue weighted by Gasteiger charge is 2.14. The molecule has 3 aromatic rings.